The summed E-state index contributed by atoms with van der Waals surface area (Å²) in [6, 6.07) is 6.28. The quantitative estimate of drug-likeness (QED) is 0.749. The lowest BCUT2D eigenvalue weighted by molar-refractivity contribution is -0.0282. The van der Waals surface area contributed by atoms with E-state index in [0.717, 1.165) is 49.1 Å². The molecule has 1 unspecified atom stereocenters. The number of rotatable bonds is 8. The van der Waals surface area contributed by atoms with Crippen molar-refractivity contribution in [2.24, 2.45) is 11.7 Å². The molecule has 1 fully saturated rings. The summed E-state index contributed by atoms with van der Waals surface area (Å²) in [7, 11) is 0. The van der Waals surface area contributed by atoms with E-state index >= 15 is 0 Å². The highest BCUT2D eigenvalue weighted by atomic mass is 79.9. The van der Waals surface area contributed by atoms with Crippen LogP contribution in [0.25, 0.3) is 0 Å². The molecule has 0 radical (unpaired) electrons. The number of hydrogen-bond donors (Lipinski definition) is 1. The van der Waals surface area contributed by atoms with Crippen LogP contribution in [0.15, 0.2) is 22.7 Å². The van der Waals surface area contributed by atoms with Crippen LogP contribution in [0.5, 0.6) is 5.75 Å². The number of benzene rings is 1. The second-order valence-electron chi connectivity index (χ2n) is 5.80. The second-order valence-corrected chi connectivity index (χ2v) is 6.65. The Labute approximate surface area is 136 Å². The van der Waals surface area contributed by atoms with Gasteiger partial charge < -0.3 is 15.2 Å². The molecule has 0 spiro atoms. The zero-order valence-electron chi connectivity index (χ0n) is 13.0. The molecule has 1 saturated carbocycles. The molecule has 3 nitrogen and oxygen atoms in total. The summed E-state index contributed by atoms with van der Waals surface area (Å²) in [6.45, 7) is 5.71. The highest BCUT2D eigenvalue weighted by Gasteiger charge is 2.30. The van der Waals surface area contributed by atoms with Gasteiger partial charge in [0.25, 0.3) is 0 Å². The first kappa shape index (κ1) is 16.8. The van der Waals surface area contributed by atoms with Crippen LogP contribution in [0.4, 0.5) is 0 Å². The summed E-state index contributed by atoms with van der Waals surface area (Å²) >= 11 is 3.57. The van der Waals surface area contributed by atoms with Gasteiger partial charge in [-0.3, -0.25) is 0 Å². The molecular weight excluding hydrogens is 330 g/mol. The van der Waals surface area contributed by atoms with Crippen molar-refractivity contribution in [2.45, 2.75) is 51.7 Å². The molecule has 1 aromatic rings. The molecule has 2 N–H and O–H groups in total. The van der Waals surface area contributed by atoms with Crippen LogP contribution < -0.4 is 10.5 Å². The van der Waals surface area contributed by atoms with E-state index in [2.05, 4.69) is 41.9 Å². The predicted molar refractivity (Wildman–Crippen MR) is 89.6 cm³/mol. The Bertz CT molecular complexity index is 446. The molecule has 4 heteroatoms. The lowest BCUT2D eigenvalue weighted by atomic mass is 9.77. The molecule has 0 aliphatic heterocycles. The molecule has 0 amide bonds. The van der Waals surface area contributed by atoms with Crippen molar-refractivity contribution in [3.63, 3.8) is 0 Å². The van der Waals surface area contributed by atoms with Crippen molar-refractivity contribution in [2.75, 3.05) is 13.2 Å². The summed E-state index contributed by atoms with van der Waals surface area (Å²) in [5, 5.41) is 0. The smallest absolute Gasteiger partial charge is 0.133 e. The van der Waals surface area contributed by atoms with E-state index in [9.17, 15) is 0 Å². The fourth-order valence-electron chi connectivity index (χ4n) is 2.81. The zero-order chi connectivity index (χ0) is 15.2. The first-order valence-corrected chi connectivity index (χ1v) is 8.72. The molecule has 1 aliphatic rings. The Hall–Kier alpha value is -0.580. The Balaban J connectivity index is 1.85. The maximum atomic E-state index is 6.34. The van der Waals surface area contributed by atoms with Crippen molar-refractivity contribution < 1.29 is 9.47 Å². The van der Waals surface area contributed by atoms with Crippen LogP contribution in [-0.2, 0) is 4.74 Å². The van der Waals surface area contributed by atoms with Crippen molar-refractivity contribution in [3.05, 3.63) is 28.2 Å². The van der Waals surface area contributed by atoms with Crippen LogP contribution in [0.1, 0.15) is 51.1 Å². The molecule has 1 atom stereocenters. The van der Waals surface area contributed by atoms with Gasteiger partial charge in [-0.05, 0) is 72.2 Å². The van der Waals surface area contributed by atoms with E-state index in [-0.39, 0.29) is 6.04 Å². The minimum absolute atomic E-state index is 0.0918. The average molecular weight is 356 g/mol. The number of halogens is 1. The van der Waals surface area contributed by atoms with E-state index in [1.165, 1.54) is 5.56 Å². The molecule has 0 heterocycles. The van der Waals surface area contributed by atoms with Gasteiger partial charge in [0.15, 0.2) is 0 Å². The summed E-state index contributed by atoms with van der Waals surface area (Å²) in [5.41, 5.74) is 7.51. The first-order chi connectivity index (χ1) is 10.1. The van der Waals surface area contributed by atoms with Crippen LogP contribution in [-0.4, -0.2) is 19.3 Å². The monoisotopic (exact) mass is 355 g/mol. The zero-order valence-corrected chi connectivity index (χ0v) is 14.6. The van der Waals surface area contributed by atoms with Gasteiger partial charge in [-0.1, -0.05) is 13.0 Å². The van der Waals surface area contributed by atoms with Gasteiger partial charge in [-0.15, -0.1) is 0 Å². The fraction of sp³-hybridized carbons (Fsp3) is 0.647. The summed E-state index contributed by atoms with van der Waals surface area (Å²) in [6.07, 6.45) is 4.81. The normalized spacial score (nSPS) is 22.7. The molecular formula is C17H26BrNO2. The summed E-state index contributed by atoms with van der Waals surface area (Å²) in [4.78, 5) is 0. The lowest BCUT2D eigenvalue weighted by Crippen LogP contribution is -2.33. The summed E-state index contributed by atoms with van der Waals surface area (Å²) in [5.74, 6) is 1.60. The molecule has 1 aliphatic carbocycles. The van der Waals surface area contributed by atoms with E-state index in [4.69, 9.17) is 15.2 Å². The molecule has 0 saturated heterocycles. The number of ether oxygens (including phenoxy) is 2. The van der Waals surface area contributed by atoms with E-state index < -0.39 is 0 Å². The Morgan fingerprint density at radius 1 is 1.33 bits per heavy atom. The third-order valence-electron chi connectivity index (χ3n) is 4.03. The van der Waals surface area contributed by atoms with Crippen LogP contribution in [0, 0.1) is 5.92 Å². The van der Waals surface area contributed by atoms with Crippen LogP contribution in [0.3, 0.4) is 0 Å². The third kappa shape index (κ3) is 4.70. The fourth-order valence-corrected chi connectivity index (χ4v) is 3.32. The van der Waals surface area contributed by atoms with Gasteiger partial charge in [-0.2, -0.15) is 0 Å². The van der Waals surface area contributed by atoms with Crippen molar-refractivity contribution in [1.29, 1.82) is 0 Å². The largest absolute Gasteiger partial charge is 0.492 e. The van der Waals surface area contributed by atoms with Gasteiger partial charge in [0.2, 0.25) is 0 Å². The molecule has 2 rings (SSSR count). The van der Waals surface area contributed by atoms with Gasteiger partial charge in [-0.25, -0.2) is 0 Å². The molecule has 0 bridgehead atoms. The Morgan fingerprint density at radius 2 is 2.10 bits per heavy atom. The highest BCUT2D eigenvalue weighted by Crippen LogP contribution is 2.37. The van der Waals surface area contributed by atoms with E-state index in [1.807, 2.05) is 6.07 Å². The van der Waals surface area contributed by atoms with Crippen molar-refractivity contribution in [1.82, 2.24) is 0 Å². The number of nitrogens with two attached hydrogens (primary N) is 1. The topological polar surface area (TPSA) is 44.5 Å². The molecule has 21 heavy (non-hydrogen) atoms. The third-order valence-corrected chi connectivity index (χ3v) is 4.65. The van der Waals surface area contributed by atoms with E-state index in [1.54, 1.807) is 0 Å². The van der Waals surface area contributed by atoms with Gasteiger partial charge in [0.05, 0.1) is 17.2 Å². The SMILES string of the molecule is CCCOc1ccc(C(N)CC2CC(OCC)C2)cc1Br. The maximum Gasteiger partial charge on any atom is 0.133 e. The van der Waals surface area contributed by atoms with Crippen LogP contribution >= 0.6 is 15.9 Å². The van der Waals surface area contributed by atoms with E-state index in [0.29, 0.717) is 12.0 Å². The number of hydrogen-bond acceptors (Lipinski definition) is 3. The molecule has 0 aromatic heterocycles. The van der Waals surface area contributed by atoms with Gasteiger partial charge in [0, 0.05) is 12.6 Å². The predicted octanol–water partition coefficient (Wildman–Crippen LogP) is 4.44. The maximum absolute atomic E-state index is 6.34. The van der Waals surface area contributed by atoms with Crippen LogP contribution in [0.2, 0.25) is 0 Å². The highest BCUT2D eigenvalue weighted by molar-refractivity contribution is 9.10. The average Bonchev–Trinajstić information content (AvgIpc) is 2.43. The van der Waals surface area contributed by atoms with Gasteiger partial charge in [0.1, 0.15) is 5.75 Å². The minimum atomic E-state index is 0.0918. The Kier molecular flexibility index (Phi) is 6.52. The summed E-state index contributed by atoms with van der Waals surface area (Å²) < 4.78 is 12.3. The Morgan fingerprint density at radius 3 is 2.71 bits per heavy atom. The van der Waals surface area contributed by atoms with Crippen molar-refractivity contribution in [3.8, 4) is 5.75 Å². The molecule has 118 valence electrons. The van der Waals surface area contributed by atoms with Crippen molar-refractivity contribution >= 4 is 15.9 Å². The lowest BCUT2D eigenvalue weighted by Gasteiger charge is -2.36. The second kappa shape index (κ2) is 8.16. The standard InChI is InChI=1S/C17H26BrNO2/c1-3-7-21-17-6-5-13(11-15(17)18)16(19)10-12-8-14(9-12)20-4-2/h5-6,11-12,14,16H,3-4,7-10,19H2,1-2H3. The van der Waals surface area contributed by atoms with Gasteiger partial charge >= 0.3 is 0 Å². The molecule has 1 aromatic carbocycles. The first-order valence-electron chi connectivity index (χ1n) is 7.93. The minimum Gasteiger partial charge on any atom is -0.492 e.